The van der Waals surface area contributed by atoms with Gasteiger partial charge in [0.05, 0.1) is 0 Å². The van der Waals surface area contributed by atoms with Gasteiger partial charge in [0.2, 0.25) is 0 Å². The maximum absolute atomic E-state index is 3.36. The van der Waals surface area contributed by atoms with Crippen LogP contribution in [0.4, 0.5) is 0 Å². The molecule has 0 saturated heterocycles. The van der Waals surface area contributed by atoms with Crippen LogP contribution in [-0.4, -0.2) is 0 Å². The molecule has 0 nitrogen and oxygen atoms in total. The molecule has 0 saturated carbocycles. The van der Waals surface area contributed by atoms with E-state index in [-0.39, 0.29) is 0 Å². The van der Waals surface area contributed by atoms with Crippen LogP contribution in [0.3, 0.4) is 0 Å². The highest BCUT2D eigenvalue weighted by Gasteiger charge is 2.08. The molecule has 0 radical (unpaired) electrons. The number of rotatable bonds is 2. The fraction of sp³-hybridized carbons (Fsp3) is 0.0556. The zero-order valence-electron chi connectivity index (χ0n) is 21.4. The molecule has 0 fully saturated rings. The van der Waals surface area contributed by atoms with Gasteiger partial charge in [-0.15, -0.1) is 13.2 Å². The molecule has 0 aliphatic heterocycles. The van der Waals surface area contributed by atoms with E-state index in [2.05, 4.69) is 143 Å². The van der Waals surface area contributed by atoms with Crippen molar-refractivity contribution in [3.63, 3.8) is 0 Å². The summed E-state index contributed by atoms with van der Waals surface area (Å²) in [5.41, 5.74) is 5.23. The topological polar surface area (TPSA) is 0 Å². The molecule has 0 aromatic heterocycles. The molecule has 0 N–H and O–H groups in total. The van der Waals surface area contributed by atoms with E-state index in [9.17, 15) is 0 Å². The van der Waals surface area contributed by atoms with Crippen LogP contribution in [0.15, 0.2) is 148 Å². The minimum absolute atomic E-state index is 1.28. The van der Waals surface area contributed by atoms with Gasteiger partial charge in [-0.25, -0.2) is 0 Å². The Morgan fingerprint density at radius 2 is 0.972 bits per heavy atom. The Hall–Kier alpha value is -4.42. The summed E-state index contributed by atoms with van der Waals surface area (Å²) in [5.74, 6) is 0. The Morgan fingerprint density at radius 3 is 1.56 bits per heavy atom. The summed E-state index contributed by atoms with van der Waals surface area (Å²) >= 11 is 0. The van der Waals surface area contributed by atoms with Crippen LogP contribution in [0, 0.1) is 13.8 Å². The third-order valence-corrected chi connectivity index (χ3v) is 6.07. The van der Waals surface area contributed by atoms with Crippen LogP contribution in [-0.2, 0) is 0 Å². The Kier molecular flexibility index (Phi) is 9.37. The zero-order valence-corrected chi connectivity index (χ0v) is 21.4. The maximum Gasteiger partial charge on any atom is -0.00241 e. The molecule has 6 rings (SSSR count). The lowest BCUT2D eigenvalue weighted by Gasteiger charge is -2.11. The minimum atomic E-state index is 1.28. The standard InChI is InChI=1S/C17H12.C13H12.C4H6.C2H4/c1-11-5-6-14-8-7-12-3-2-4-13-9-10-15(11)17(14)16(12)13;1-11-7-9-13(10-8-11)12-5-3-2-4-6-12;1-3-4-2;1-2/h2-10H,1H3;2-10H,1H3;3-4H,1-2H2;1-2H2. The van der Waals surface area contributed by atoms with Crippen molar-refractivity contribution in [2.75, 3.05) is 0 Å². The van der Waals surface area contributed by atoms with Crippen molar-refractivity contribution in [2.45, 2.75) is 13.8 Å². The third-order valence-electron chi connectivity index (χ3n) is 6.07. The third kappa shape index (κ3) is 5.98. The number of aryl methyl sites for hydroxylation is 2. The second-order valence-corrected chi connectivity index (χ2v) is 8.44. The van der Waals surface area contributed by atoms with Gasteiger partial charge in [0.15, 0.2) is 0 Å². The second-order valence-electron chi connectivity index (χ2n) is 8.44. The molecule has 6 aromatic carbocycles. The highest BCUT2D eigenvalue weighted by molar-refractivity contribution is 6.23. The van der Waals surface area contributed by atoms with Gasteiger partial charge >= 0.3 is 0 Å². The van der Waals surface area contributed by atoms with Crippen LogP contribution in [0.2, 0.25) is 0 Å². The van der Waals surface area contributed by atoms with Gasteiger partial charge in [0.25, 0.3) is 0 Å². The maximum atomic E-state index is 3.36. The number of benzene rings is 6. The molecule has 0 unspecified atom stereocenters. The van der Waals surface area contributed by atoms with Gasteiger partial charge in [0, 0.05) is 0 Å². The Labute approximate surface area is 215 Å². The fourth-order valence-corrected chi connectivity index (χ4v) is 4.26. The lowest BCUT2D eigenvalue weighted by molar-refractivity contribution is 1.47. The van der Waals surface area contributed by atoms with E-state index in [1.54, 1.807) is 12.2 Å². The first-order valence-electron chi connectivity index (χ1n) is 12.1. The van der Waals surface area contributed by atoms with Crippen molar-refractivity contribution in [1.82, 2.24) is 0 Å². The summed E-state index contributed by atoms with van der Waals surface area (Å²) < 4.78 is 0. The predicted octanol–water partition coefficient (Wildman–Crippen LogP) is 10.7. The summed E-state index contributed by atoms with van der Waals surface area (Å²) in [6.07, 6.45) is 3.28. The van der Waals surface area contributed by atoms with Gasteiger partial charge in [-0.2, -0.15) is 0 Å². The molecule has 0 bridgehead atoms. The monoisotopic (exact) mass is 466 g/mol. The fourth-order valence-electron chi connectivity index (χ4n) is 4.26. The SMILES string of the molecule is C=C.C=CC=C.Cc1ccc(-c2ccccc2)cc1.Cc1ccc2ccc3cccc4ccc1c2c34. The van der Waals surface area contributed by atoms with E-state index >= 15 is 0 Å². The molecular weight excluding hydrogens is 432 g/mol. The smallest absolute Gasteiger partial charge is 0.00241 e. The van der Waals surface area contributed by atoms with Crippen molar-refractivity contribution in [3.8, 4) is 11.1 Å². The van der Waals surface area contributed by atoms with Crippen molar-refractivity contribution in [1.29, 1.82) is 0 Å². The Balaban J connectivity index is 0.000000170. The molecule has 0 aliphatic carbocycles. The van der Waals surface area contributed by atoms with Crippen molar-refractivity contribution in [3.05, 3.63) is 159 Å². The Morgan fingerprint density at radius 1 is 0.472 bits per heavy atom. The van der Waals surface area contributed by atoms with Gasteiger partial charge in [-0.05, 0) is 62.9 Å². The van der Waals surface area contributed by atoms with Crippen molar-refractivity contribution >= 4 is 32.3 Å². The van der Waals surface area contributed by atoms with Gasteiger partial charge in [-0.3, -0.25) is 0 Å². The van der Waals surface area contributed by atoms with E-state index in [0.29, 0.717) is 0 Å². The molecule has 0 amide bonds. The molecule has 178 valence electrons. The molecule has 0 atom stereocenters. The van der Waals surface area contributed by atoms with E-state index in [1.165, 1.54) is 54.6 Å². The molecule has 0 heterocycles. The highest BCUT2D eigenvalue weighted by atomic mass is 14.1. The van der Waals surface area contributed by atoms with Crippen LogP contribution in [0.5, 0.6) is 0 Å². The van der Waals surface area contributed by atoms with E-state index in [1.807, 2.05) is 6.07 Å². The summed E-state index contributed by atoms with van der Waals surface area (Å²) in [6.45, 7) is 17.0. The van der Waals surface area contributed by atoms with Crippen LogP contribution >= 0.6 is 0 Å². The summed E-state index contributed by atoms with van der Waals surface area (Å²) in [7, 11) is 0. The van der Waals surface area contributed by atoms with Gasteiger partial charge in [-0.1, -0.05) is 140 Å². The average molecular weight is 467 g/mol. The first kappa shape index (κ1) is 26.2. The average Bonchev–Trinajstić information content (AvgIpc) is 2.95. The number of allylic oxidation sites excluding steroid dienone is 2. The van der Waals surface area contributed by atoms with E-state index in [0.717, 1.165) is 0 Å². The van der Waals surface area contributed by atoms with Crippen LogP contribution < -0.4 is 0 Å². The molecule has 0 heteroatoms. The Bertz CT molecular complexity index is 1510. The van der Waals surface area contributed by atoms with Crippen LogP contribution in [0.1, 0.15) is 11.1 Å². The predicted molar refractivity (Wildman–Crippen MR) is 163 cm³/mol. The van der Waals surface area contributed by atoms with Gasteiger partial charge < -0.3 is 0 Å². The van der Waals surface area contributed by atoms with E-state index in [4.69, 9.17) is 0 Å². The summed E-state index contributed by atoms with van der Waals surface area (Å²) in [5, 5.41) is 8.23. The second kappa shape index (κ2) is 12.9. The molecular formula is C36H34. The first-order valence-corrected chi connectivity index (χ1v) is 12.1. The van der Waals surface area contributed by atoms with E-state index < -0.39 is 0 Å². The molecule has 36 heavy (non-hydrogen) atoms. The minimum Gasteiger partial charge on any atom is -0.106 e. The lowest BCUT2D eigenvalue weighted by Crippen LogP contribution is -1.85. The summed E-state index contributed by atoms with van der Waals surface area (Å²) in [4.78, 5) is 0. The molecule has 6 aromatic rings. The van der Waals surface area contributed by atoms with Gasteiger partial charge in [0.1, 0.15) is 0 Å². The molecule has 0 aliphatic rings. The highest BCUT2D eigenvalue weighted by Crippen LogP contribution is 2.35. The largest absolute Gasteiger partial charge is 0.106 e. The zero-order chi connectivity index (χ0) is 25.9. The number of hydrogen-bond donors (Lipinski definition) is 0. The quantitative estimate of drug-likeness (QED) is 0.135. The normalized spacial score (nSPS) is 9.83. The lowest BCUT2D eigenvalue weighted by atomic mass is 9.92. The van der Waals surface area contributed by atoms with Crippen molar-refractivity contribution < 1.29 is 0 Å². The number of hydrogen-bond acceptors (Lipinski definition) is 0. The first-order chi connectivity index (χ1) is 17.6. The van der Waals surface area contributed by atoms with Crippen molar-refractivity contribution in [2.24, 2.45) is 0 Å². The summed E-state index contributed by atoms with van der Waals surface area (Å²) in [6, 6.07) is 38.9. The molecule has 0 spiro atoms. The van der Waals surface area contributed by atoms with Crippen LogP contribution in [0.25, 0.3) is 43.4 Å².